The van der Waals surface area contributed by atoms with Crippen LogP contribution < -0.4 is 0 Å². The Balaban J connectivity index is 2.89. The first-order valence-corrected chi connectivity index (χ1v) is 2.94. The van der Waals surface area contributed by atoms with Crippen LogP contribution in [-0.4, -0.2) is 11.6 Å². The predicted molar refractivity (Wildman–Crippen MR) is 33.9 cm³/mol. The lowest BCUT2D eigenvalue weighted by atomic mass is 10.0. The van der Waals surface area contributed by atoms with Crippen LogP contribution in [0.1, 0.15) is 20.8 Å². The summed E-state index contributed by atoms with van der Waals surface area (Å²) in [6.07, 6.45) is 1.53. The van der Waals surface area contributed by atoms with Crippen molar-refractivity contribution in [1.82, 2.24) is 0 Å². The van der Waals surface area contributed by atoms with E-state index in [1.165, 1.54) is 6.08 Å². The molecule has 2 heteroatoms. The lowest BCUT2D eigenvalue weighted by Crippen LogP contribution is -2.21. The van der Waals surface area contributed by atoms with Crippen LogP contribution in [0.25, 0.3) is 0 Å². The van der Waals surface area contributed by atoms with Gasteiger partial charge in [-0.25, -0.2) is 4.79 Å². The van der Waals surface area contributed by atoms with Gasteiger partial charge in [-0.05, 0) is 26.3 Å². The molecule has 0 atom stereocenters. The van der Waals surface area contributed by atoms with Gasteiger partial charge in [-0.1, -0.05) is 0 Å². The fourth-order valence-electron chi connectivity index (χ4n) is 0.712. The number of rotatable bonds is 0. The topological polar surface area (TPSA) is 26.3 Å². The second-order valence-corrected chi connectivity index (χ2v) is 2.76. The van der Waals surface area contributed by atoms with Gasteiger partial charge in [0.1, 0.15) is 5.60 Å². The third-order valence-corrected chi connectivity index (χ3v) is 1.64. The molecule has 2 nitrogen and oxygen atoms in total. The largest absolute Gasteiger partial charge is 0.452 e. The first kappa shape index (κ1) is 6.33. The number of hydrogen-bond donors (Lipinski definition) is 0. The lowest BCUT2D eigenvalue weighted by Gasteiger charge is -2.18. The Kier molecular flexibility index (Phi) is 1.12. The lowest BCUT2D eigenvalue weighted by molar-refractivity contribution is -0.143. The molecule has 50 valence electrons. The summed E-state index contributed by atoms with van der Waals surface area (Å²) < 4.78 is 4.93. The zero-order chi connectivity index (χ0) is 7.07. The molecule has 9 heavy (non-hydrogen) atoms. The van der Waals surface area contributed by atoms with E-state index in [4.69, 9.17) is 4.74 Å². The molecule has 0 aromatic rings. The molecule has 0 aliphatic carbocycles. The van der Waals surface area contributed by atoms with E-state index in [-0.39, 0.29) is 11.6 Å². The van der Waals surface area contributed by atoms with Crippen LogP contribution in [0, 0.1) is 0 Å². The summed E-state index contributed by atoms with van der Waals surface area (Å²) in [5.74, 6) is -0.225. The molecule has 0 saturated carbocycles. The molecule has 1 rings (SSSR count). The molecular formula is C7H10O2. The highest BCUT2D eigenvalue weighted by molar-refractivity contribution is 5.86. The van der Waals surface area contributed by atoms with Gasteiger partial charge in [-0.3, -0.25) is 0 Å². The predicted octanol–water partition coefficient (Wildman–Crippen LogP) is 1.27. The van der Waals surface area contributed by atoms with Crippen molar-refractivity contribution in [2.75, 3.05) is 0 Å². The van der Waals surface area contributed by atoms with Gasteiger partial charge in [0.2, 0.25) is 0 Å². The minimum atomic E-state index is -0.364. The van der Waals surface area contributed by atoms with Gasteiger partial charge in [0.05, 0.1) is 0 Å². The fourth-order valence-corrected chi connectivity index (χ4v) is 0.712. The molecule has 1 aliphatic rings. The Morgan fingerprint density at radius 1 is 1.56 bits per heavy atom. The van der Waals surface area contributed by atoms with Crippen LogP contribution in [0.15, 0.2) is 11.6 Å². The summed E-state index contributed by atoms with van der Waals surface area (Å²) in [4.78, 5) is 10.6. The number of hydrogen-bond acceptors (Lipinski definition) is 2. The van der Waals surface area contributed by atoms with Crippen molar-refractivity contribution in [2.24, 2.45) is 0 Å². The van der Waals surface area contributed by atoms with Crippen LogP contribution in [0.2, 0.25) is 0 Å². The van der Waals surface area contributed by atoms with Gasteiger partial charge in [-0.15, -0.1) is 0 Å². The maximum absolute atomic E-state index is 10.6. The standard InChI is InChI=1S/C7H10O2/c1-5-4-6(8)9-7(5,2)3/h4H,1-3H3. The quantitative estimate of drug-likeness (QED) is 0.457. The number of carbonyl (C=O) groups excluding carboxylic acids is 1. The summed E-state index contributed by atoms with van der Waals surface area (Å²) in [5.41, 5.74) is 0.629. The second-order valence-electron chi connectivity index (χ2n) is 2.76. The Hall–Kier alpha value is -0.790. The molecule has 0 bridgehead atoms. The Labute approximate surface area is 54.5 Å². The summed E-state index contributed by atoms with van der Waals surface area (Å²) in [7, 11) is 0. The summed E-state index contributed by atoms with van der Waals surface area (Å²) in [5, 5.41) is 0. The maximum Gasteiger partial charge on any atom is 0.331 e. The zero-order valence-electron chi connectivity index (χ0n) is 5.89. The SMILES string of the molecule is CC1=CC(=O)OC1(C)C. The van der Waals surface area contributed by atoms with Gasteiger partial charge >= 0.3 is 5.97 Å². The Bertz CT molecular complexity index is 177. The van der Waals surface area contributed by atoms with E-state index in [9.17, 15) is 4.79 Å². The molecule has 0 spiro atoms. The van der Waals surface area contributed by atoms with Crippen molar-refractivity contribution >= 4 is 5.97 Å². The van der Waals surface area contributed by atoms with Crippen molar-refractivity contribution in [3.05, 3.63) is 11.6 Å². The van der Waals surface area contributed by atoms with Gasteiger partial charge < -0.3 is 4.74 Å². The zero-order valence-corrected chi connectivity index (χ0v) is 5.89. The van der Waals surface area contributed by atoms with Gasteiger partial charge in [-0.2, -0.15) is 0 Å². The minimum absolute atomic E-state index is 0.225. The average Bonchev–Trinajstić information content (AvgIpc) is 1.79. The highest BCUT2D eigenvalue weighted by Crippen LogP contribution is 2.25. The summed E-state index contributed by atoms with van der Waals surface area (Å²) >= 11 is 0. The first-order chi connectivity index (χ1) is 4.02. The second kappa shape index (κ2) is 1.59. The van der Waals surface area contributed by atoms with E-state index in [1.54, 1.807) is 0 Å². The number of carbonyl (C=O) groups is 1. The third kappa shape index (κ3) is 0.969. The van der Waals surface area contributed by atoms with Crippen LogP contribution >= 0.6 is 0 Å². The number of cyclic esters (lactones) is 1. The molecule has 1 heterocycles. The van der Waals surface area contributed by atoms with E-state index in [1.807, 2.05) is 20.8 Å². The summed E-state index contributed by atoms with van der Waals surface area (Å²) in [6, 6.07) is 0. The van der Waals surface area contributed by atoms with Crippen molar-refractivity contribution in [3.8, 4) is 0 Å². The molecular weight excluding hydrogens is 116 g/mol. The van der Waals surface area contributed by atoms with Crippen LogP contribution in [-0.2, 0) is 9.53 Å². The van der Waals surface area contributed by atoms with Gasteiger partial charge in [0.25, 0.3) is 0 Å². The van der Waals surface area contributed by atoms with Crippen LogP contribution in [0.5, 0.6) is 0 Å². The van der Waals surface area contributed by atoms with E-state index >= 15 is 0 Å². The molecule has 0 aromatic carbocycles. The third-order valence-electron chi connectivity index (χ3n) is 1.64. The minimum Gasteiger partial charge on any atom is -0.452 e. The Morgan fingerprint density at radius 2 is 2.11 bits per heavy atom. The molecule has 0 saturated heterocycles. The van der Waals surface area contributed by atoms with Crippen LogP contribution in [0.3, 0.4) is 0 Å². The molecule has 0 N–H and O–H groups in total. The first-order valence-electron chi connectivity index (χ1n) is 2.94. The molecule has 0 aromatic heterocycles. The Morgan fingerprint density at radius 3 is 2.22 bits per heavy atom. The van der Waals surface area contributed by atoms with E-state index in [2.05, 4.69) is 0 Å². The highest BCUT2D eigenvalue weighted by Gasteiger charge is 2.30. The highest BCUT2D eigenvalue weighted by atomic mass is 16.6. The fraction of sp³-hybridized carbons (Fsp3) is 0.571. The molecule has 0 amide bonds. The monoisotopic (exact) mass is 126 g/mol. The van der Waals surface area contributed by atoms with Gasteiger partial charge in [0.15, 0.2) is 0 Å². The van der Waals surface area contributed by atoms with E-state index < -0.39 is 0 Å². The average molecular weight is 126 g/mol. The van der Waals surface area contributed by atoms with E-state index in [0.717, 1.165) is 5.57 Å². The number of esters is 1. The maximum atomic E-state index is 10.6. The van der Waals surface area contributed by atoms with Crippen molar-refractivity contribution in [3.63, 3.8) is 0 Å². The van der Waals surface area contributed by atoms with Crippen molar-refractivity contribution in [2.45, 2.75) is 26.4 Å². The molecule has 1 aliphatic heterocycles. The molecule has 0 unspecified atom stereocenters. The molecule has 0 radical (unpaired) electrons. The van der Waals surface area contributed by atoms with Crippen molar-refractivity contribution in [1.29, 1.82) is 0 Å². The summed E-state index contributed by atoms with van der Waals surface area (Å²) in [6.45, 7) is 5.65. The molecule has 0 fully saturated rings. The normalized spacial score (nSPS) is 23.4. The van der Waals surface area contributed by atoms with Gasteiger partial charge in [0, 0.05) is 6.08 Å². The van der Waals surface area contributed by atoms with Crippen molar-refractivity contribution < 1.29 is 9.53 Å². The van der Waals surface area contributed by atoms with Crippen LogP contribution in [0.4, 0.5) is 0 Å². The number of ether oxygens (including phenoxy) is 1. The smallest absolute Gasteiger partial charge is 0.331 e. The van der Waals surface area contributed by atoms with E-state index in [0.29, 0.717) is 0 Å².